The van der Waals surface area contributed by atoms with E-state index in [4.69, 9.17) is 0 Å². The summed E-state index contributed by atoms with van der Waals surface area (Å²) in [5, 5.41) is 3.31. The number of aromatic nitrogens is 2. The average molecular weight is 322 g/mol. The first-order chi connectivity index (χ1) is 9.15. The highest BCUT2D eigenvalue weighted by Crippen LogP contribution is 2.25. The third-order valence-electron chi connectivity index (χ3n) is 3.32. The lowest BCUT2D eigenvalue weighted by Crippen LogP contribution is -2.26. The van der Waals surface area contributed by atoms with Gasteiger partial charge in [-0.05, 0) is 59.6 Å². The molecule has 19 heavy (non-hydrogen) atoms. The maximum Gasteiger partial charge on any atom is 0.159 e. The van der Waals surface area contributed by atoms with Crippen LogP contribution >= 0.6 is 15.9 Å². The molecule has 0 saturated carbocycles. The third-order valence-corrected chi connectivity index (χ3v) is 3.93. The van der Waals surface area contributed by atoms with Gasteiger partial charge in [0.1, 0.15) is 5.82 Å². The quantitative estimate of drug-likeness (QED) is 0.877. The zero-order valence-electron chi connectivity index (χ0n) is 10.5. The van der Waals surface area contributed by atoms with Gasteiger partial charge in [-0.2, -0.15) is 0 Å². The van der Waals surface area contributed by atoms with Crippen LogP contribution < -0.4 is 5.32 Å². The monoisotopic (exact) mass is 321 g/mol. The minimum atomic E-state index is -0.278. The second-order valence-electron chi connectivity index (χ2n) is 4.61. The molecule has 0 bridgehead atoms. The van der Waals surface area contributed by atoms with E-state index in [1.807, 2.05) is 6.92 Å². The van der Waals surface area contributed by atoms with Gasteiger partial charge in [-0.25, -0.2) is 14.4 Å². The molecule has 0 spiro atoms. The van der Waals surface area contributed by atoms with Gasteiger partial charge in [0, 0.05) is 17.8 Å². The van der Waals surface area contributed by atoms with Gasteiger partial charge in [-0.1, -0.05) is 0 Å². The normalized spacial score (nSPS) is 14.3. The Hall–Kier alpha value is -1.33. The van der Waals surface area contributed by atoms with Crippen molar-refractivity contribution in [2.75, 3.05) is 6.54 Å². The topological polar surface area (TPSA) is 37.8 Å². The number of hydrogen-bond donors (Lipinski definition) is 1. The zero-order chi connectivity index (χ0) is 13.4. The Morgan fingerprint density at radius 3 is 2.95 bits per heavy atom. The number of nitrogens with one attached hydrogen (secondary N) is 1. The van der Waals surface area contributed by atoms with Crippen LogP contribution in [-0.2, 0) is 13.0 Å². The van der Waals surface area contributed by atoms with Crippen molar-refractivity contribution in [2.24, 2.45) is 0 Å². The highest BCUT2D eigenvalue weighted by molar-refractivity contribution is 9.10. The summed E-state index contributed by atoms with van der Waals surface area (Å²) in [6.07, 6.45) is 0.967. The van der Waals surface area contributed by atoms with E-state index < -0.39 is 0 Å². The fourth-order valence-corrected chi connectivity index (χ4v) is 2.69. The fraction of sp³-hybridized carbons (Fsp3) is 0.286. The van der Waals surface area contributed by atoms with Crippen LogP contribution in [0, 0.1) is 12.7 Å². The number of benzene rings is 1. The SMILES string of the molecule is Cc1nc(-c2ccc(F)c(Br)c2)nc2c1CCNC2. The number of nitrogens with zero attached hydrogens (tertiary/aromatic N) is 2. The number of fused-ring (bicyclic) bond motifs is 1. The predicted molar refractivity (Wildman–Crippen MR) is 75.3 cm³/mol. The summed E-state index contributed by atoms with van der Waals surface area (Å²) in [5.74, 6) is 0.376. The summed E-state index contributed by atoms with van der Waals surface area (Å²) in [6, 6.07) is 4.85. The first kappa shape index (κ1) is 12.7. The van der Waals surface area contributed by atoms with Crippen LogP contribution in [0.1, 0.15) is 17.0 Å². The van der Waals surface area contributed by atoms with Crippen LogP contribution in [-0.4, -0.2) is 16.5 Å². The summed E-state index contributed by atoms with van der Waals surface area (Å²) >= 11 is 3.19. The Bertz CT molecular complexity index is 643. The summed E-state index contributed by atoms with van der Waals surface area (Å²) < 4.78 is 13.7. The van der Waals surface area contributed by atoms with Crippen LogP contribution in [0.15, 0.2) is 22.7 Å². The van der Waals surface area contributed by atoms with Gasteiger partial charge in [-0.3, -0.25) is 0 Å². The molecule has 3 nitrogen and oxygen atoms in total. The molecule has 1 aliphatic heterocycles. The van der Waals surface area contributed by atoms with Crippen LogP contribution in [0.25, 0.3) is 11.4 Å². The van der Waals surface area contributed by atoms with Crippen molar-refractivity contribution in [3.8, 4) is 11.4 Å². The molecule has 1 N–H and O–H groups in total. The largest absolute Gasteiger partial charge is 0.311 e. The Labute approximate surface area is 119 Å². The maximum atomic E-state index is 13.3. The van der Waals surface area contributed by atoms with Gasteiger partial charge in [-0.15, -0.1) is 0 Å². The van der Waals surface area contributed by atoms with Crippen molar-refractivity contribution in [1.29, 1.82) is 0 Å². The van der Waals surface area contributed by atoms with E-state index in [1.165, 1.54) is 11.6 Å². The molecule has 0 amide bonds. The lowest BCUT2D eigenvalue weighted by molar-refractivity contribution is 0.618. The molecule has 0 atom stereocenters. The summed E-state index contributed by atoms with van der Waals surface area (Å²) in [7, 11) is 0. The summed E-state index contributed by atoms with van der Waals surface area (Å²) in [4.78, 5) is 9.14. The summed E-state index contributed by atoms with van der Waals surface area (Å²) in [6.45, 7) is 3.75. The van der Waals surface area contributed by atoms with Gasteiger partial charge < -0.3 is 5.32 Å². The second kappa shape index (κ2) is 4.98. The Balaban J connectivity index is 2.10. The molecular weight excluding hydrogens is 309 g/mol. The molecule has 3 rings (SSSR count). The molecule has 0 fully saturated rings. The average Bonchev–Trinajstić information content (AvgIpc) is 2.42. The molecule has 1 aromatic carbocycles. The Morgan fingerprint density at radius 2 is 2.16 bits per heavy atom. The van der Waals surface area contributed by atoms with E-state index in [9.17, 15) is 4.39 Å². The van der Waals surface area contributed by atoms with Crippen molar-refractivity contribution >= 4 is 15.9 Å². The van der Waals surface area contributed by atoms with E-state index in [0.29, 0.717) is 10.3 Å². The molecule has 5 heteroatoms. The van der Waals surface area contributed by atoms with Crippen molar-refractivity contribution < 1.29 is 4.39 Å². The van der Waals surface area contributed by atoms with E-state index in [-0.39, 0.29) is 5.82 Å². The van der Waals surface area contributed by atoms with Crippen LogP contribution in [0.4, 0.5) is 4.39 Å². The van der Waals surface area contributed by atoms with E-state index in [2.05, 4.69) is 31.2 Å². The first-order valence-electron chi connectivity index (χ1n) is 6.17. The highest BCUT2D eigenvalue weighted by atomic mass is 79.9. The van der Waals surface area contributed by atoms with Crippen molar-refractivity contribution in [1.82, 2.24) is 15.3 Å². The first-order valence-corrected chi connectivity index (χ1v) is 6.97. The second-order valence-corrected chi connectivity index (χ2v) is 5.47. The molecule has 1 aliphatic rings. The van der Waals surface area contributed by atoms with Crippen molar-refractivity contribution in [2.45, 2.75) is 19.9 Å². The molecule has 0 saturated heterocycles. The molecule has 0 radical (unpaired) electrons. The number of aryl methyl sites for hydroxylation is 1. The smallest absolute Gasteiger partial charge is 0.159 e. The van der Waals surface area contributed by atoms with Crippen molar-refractivity contribution in [3.63, 3.8) is 0 Å². The van der Waals surface area contributed by atoms with Crippen LogP contribution in [0.5, 0.6) is 0 Å². The molecule has 0 unspecified atom stereocenters. The molecule has 2 aromatic rings. The number of hydrogen-bond acceptors (Lipinski definition) is 3. The lowest BCUT2D eigenvalue weighted by Gasteiger charge is -2.18. The number of rotatable bonds is 1. The third kappa shape index (κ3) is 2.40. The molecular formula is C14H13BrFN3. The lowest BCUT2D eigenvalue weighted by atomic mass is 10.0. The van der Waals surface area contributed by atoms with Crippen molar-refractivity contribution in [3.05, 3.63) is 45.4 Å². The molecule has 2 heterocycles. The number of halogens is 2. The zero-order valence-corrected chi connectivity index (χ0v) is 12.1. The van der Waals surface area contributed by atoms with Gasteiger partial charge in [0.25, 0.3) is 0 Å². The van der Waals surface area contributed by atoms with E-state index >= 15 is 0 Å². The predicted octanol–water partition coefficient (Wildman–Crippen LogP) is 3.00. The van der Waals surface area contributed by atoms with Gasteiger partial charge >= 0.3 is 0 Å². The molecule has 98 valence electrons. The molecule has 1 aromatic heterocycles. The van der Waals surface area contributed by atoms with Crippen LogP contribution in [0.3, 0.4) is 0 Å². The minimum Gasteiger partial charge on any atom is -0.311 e. The van der Waals surface area contributed by atoms with Crippen LogP contribution in [0.2, 0.25) is 0 Å². The van der Waals surface area contributed by atoms with Gasteiger partial charge in [0.05, 0.1) is 10.2 Å². The Morgan fingerprint density at radius 1 is 1.32 bits per heavy atom. The minimum absolute atomic E-state index is 0.278. The maximum absolute atomic E-state index is 13.3. The fourth-order valence-electron chi connectivity index (χ4n) is 2.31. The summed E-state index contributed by atoms with van der Waals surface area (Å²) in [5.41, 5.74) is 4.13. The van der Waals surface area contributed by atoms with Gasteiger partial charge in [0.2, 0.25) is 0 Å². The van der Waals surface area contributed by atoms with E-state index in [0.717, 1.165) is 36.5 Å². The standard InChI is InChI=1S/C14H13BrFN3/c1-8-10-4-5-17-7-13(10)19-14(18-8)9-2-3-12(16)11(15)6-9/h2-3,6,17H,4-5,7H2,1H3. The highest BCUT2D eigenvalue weighted by Gasteiger charge is 2.16. The van der Waals surface area contributed by atoms with Gasteiger partial charge in [0.15, 0.2) is 5.82 Å². The van der Waals surface area contributed by atoms with E-state index in [1.54, 1.807) is 12.1 Å². The Kier molecular flexibility index (Phi) is 3.33. The molecule has 0 aliphatic carbocycles.